The van der Waals surface area contributed by atoms with Gasteiger partial charge in [-0.3, -0.25) is 9.59 Å². The number of hydrogen-bond donors (Lipinski definition) is 1. The van der Waals surface area contributed by atoms with Crippen LogP contribution in [0.5, 0.6) is 5.75 Å². The van der Waals surface area contributed by atoms with Crippen molar-refractivity contribution in [3.05, 3.63) is 29.8 Å². The number of nitrogens with zero attached hydrogens (tertiary/aromatic N) is 1. The molecule has 0 spiro atoms. The topological polar surface area (TPSA) is 58.6 Å². The fourth-order valence-electron chi connectivity index (χ4n) is 5.76. The van der Waals surface area contributed by atoms with Crippen LogP contribution in [0.3, 0.4) is 0 Å². The summed E-state index contributed by atoms with van der Waals surface area (Å²) in [6.45, 7) is 2.23. The first kappa shape index (κ1) is 20.2. The SMILES string of the molecule is COc1ccccc1C(=O)N1[C@@H](C(=O)N[C@@H]2CCCC[C@@H]2C)C[C@@H]2CCCC[C@@H]21. The van der Waals surface area contributed by atoms with Crippen molar-refractivity contribution < 1.29 is 14.3 Å². The standard InChI is InChI=1S/C24H34N2O3/c1-16-9-3-6-12-19(16)25-23(27)21-15-17-10-4-7-13-20(17)26(21)24(28)18-11-5-8-14-22(18)29-2/h5,8,11,14,16-17,19-21H,3-4,6-7,9-10,12-13,15H2,1-2H3,(H,25,27)/t16-,17-,19+,20-,21+/m0/s1. The van der Waals surface area contributed by atoms with E-state index in [1.807, 2.05) is 29.2 Å². The van der Waals surface area contributed by atoms with Crippen LogP contribution in [0, 0.1) is 11.8 Å². The Bertz CT molecular complexity index is 749. The number of hydrogen-bond acceptors (Lipinski definition) is 3. The van der Waals surface area contributed by atoms with Crippen LogP contribution in [0.25, 0.3) is 0 Å². The molecule has 2 saturated carbocycles. The number of carbonyl (C=O) groups excluding carboxylic acids is 2. The number of amides is 2. The van der Waals surface area contributed by atoms with Crippen molar-refractivity contribution in [2.45, 2.75) is 82.8 Å². The van der Waals surface area contributed by atoms with Gasteiger partial charge in [0.2, 0.25) is 5.91 Å². The Labute approximate surface area is 174 Å². The van der Waals surface area contributed by atoms with E-state index >= 15 is 0 Å². The molecule has 5 atom stereocenters. The van der Waals surface area contributed by atoms with Gasteiger partial charge in [-0.25, -0.2) is 0 Å². The van der Waals surface area contributed by atoms with E-state index in [0.717, 1.165) is 32.1 Å². The smallest absolute Gasteiger partial charge is 0.258 e. The van der Waals surface area contributed by atoms with Gasteiger partial charge in [-0.2, -0.15) is 0 Å². The molecule has 1 aliphatic heterocycles. The van der Waals surface area contributed by atoms with E-state index in [0.29, 0.717) is 23.1 Å². The molecule has 1 saturated heterocycles. The summed E-state index contributed by atoms with van der Waals surface area (Å²) in [6.07, 6.45) is 9.88. The Morgan fingerprint density at radius 2 is 1.76 bits per heavy atom. The molecule has 1 aromatic carbocycles. The fraction of sp³-hybridized carbons (Fsp3) is 0.667. The van der Waals surface area contributed by atoms with Crippen molar-refractivity contribution in [1.29, 1.82) is 0 Å². The Morgan fingerprint density at radius 3 is 2.55 bits per heavy atom. The molecular weight excluding hydrogens is 364 g/mol. The maximum absolute atomic E-state index is 13.6. The summed E-state index contributed by atoms with van der Waals surface area (Å²) in [7, 11) is 1.59. The van der Waals surface area contributed by atoms with Crippen LogP contribution in [0.4, 0.5) is 0 Å². The highest BCUT2D eigenvalue weighted by Gasteiger charge is 2.48. The van der Waals surface area contributed by atoms with E-state index in [-0.39, 0.29) is 29.9 Å². The number of rotatable bonds is 4. The molecule has 1 aromatic rings. The third-order valence-electron chi connectivity index (χ3n) is 7.40. The molecule has 0 radical (unpaired) electrons. The average molecular weight is 399 g/mol. The molecule has 158 valence electrons. The number of fused-ring (bicyclic) bond motifs is 1. The Morgan fingerprint density at radius 1 is 1.03 bits per heavy atom. The third-order valence-corrected chi connectivity index (χ3v) is 7.40. The van der Waals surface area contributed by atoms with E-state index in [2.05, 4.69) is 12.2 Å². The van der Waals surface area contributed by atoms with Gasteiger partial charge in [0.1, 0.15) is 11.8 Å². The quantitative estimate of drug-likeness (QED) is 0.828. The molecule has 0 unspecified atom stereocenters. The number of ether oxygens (including phenoxy) is 1. The molecule has 5 heteroatoms. The van der Waals surface area contributed by atoms with Crippen LogP contribution in [0.2, 0.25) is 0 Å². The maximum atomic E-state index is 13.6. The Balaban J connectivity index is 1.59. The predicted octanol–water partition coefficient (Wildman–Crippen LogP) is 4.16. The maximum Gasteiger partial charge on any atom is 0.258 e. The number of benzene rings is 1. The zero-order chi connectivity index (χ0) is 20.4. The van der Waals surface area contributed by atoms with Gasteiger partial charge >= 0.3 is 0 Å². The molecule has 0 bridgehead atoms. The summed E-state index contributed by atoms with van der Waals surface area (Å²) in [4.78, 5) is 28.9. The highest BCUT2D eigenvalue weighted by atomic mass is 16.5. The van der Waals surface area contributed by atoms with Gasteiger partial charge in [-0.1, -0.05) is 44.7 Å². The molecule has 5 nitrogen and oxygen atoms in total. The lowest BCUT2D eigenvalue weighted by Gasteiger charge is -2.35. The second-order valence-corrected chi connectivity index (χ2v) is 9.15. The normalized spacial score (nSPS) is 31.8. The van der Waals surface area contributed by atoms with Gasteiger partial charge in [-0.15, -0.1) is 0 Å². The summed E-state index contributed by atoms with van der Waals surface area (Å²) >= 11 is 0. The second kappa shape index (κ2) is 8.76. The lowest BCUT2D eigenvalue weighted by atomic mass is 9.84. The Kier molecular flexibility index (Phi) is 6.12. The van der Waals surface area contributed by atoms with E-state index in [1.54, 1.807) is 7.11 Å². The van der Waals surface area contributed by atoms with Crippen LogP contribution >= 0.6 is 0 Å². The highest BCUT2D eigenvalue weighted by Crippen LogP contribution is 2.41. The van der Waals surface area contributed by atoms with Gasteiger partial charge in [0.15, 0.2) is 0 Å². The summed E-state index contributed by atoms with van der Waals surface area (Å²) in [5.41, 5.74) is 0.560. The molecule has 2 amide bonds. The van der Waals surface area contributed by atoms with E-state index in [1.165, 1.54) is 25.7 Å². The van der Waals surface area contributed by atoms with Crippen molar-refractivity contribution in [1.82, 2.24) is 10.2 Å². The minimum absolute atomic E-state index is 0.0430. The van der Waals surface area contributed by atoms with Crippen molar-refractivity contribution in [3.63, 3.8) is 0 Å². The molecule has 4 rings (SSSR count). The summed E-state index contributed by atoms with van der Waals surface area (Å²) < 4.78 is 5.45. The number of carbonyl (C=O) groups is 2. The lowest BCUT2D eigenvalue weighted by Crippen LogP contribution is -2.52. The van der Waals surface area contributed by atoms with Gasteiger partial charge < -0.3 is 15.0 Å². The first-order valence-corrected chi connectivity index (χ1v) is 11.4. The van der Waals surface area contributed by atoms with E-state index in [4.69, 9.17) is 4.74 Å². The number of likely N-dealkylation sites (tertiary alicyclic amines) is 1. The predicted molar refractivity (Wildman–Crippen MR) is 113 cm³/mol. The first-order chi connectivity index (χ1) is 14.1. The number of nitrogens with one attached hydrogen (secondary N) is 1. The summed E-state index contributed by atoms with van der Waals surface area (Å²) in [5.74, 6) is 1.50. The molecule has 1 heterocycles. The Hall–Kier alpha value is -2.04. The summed E-state index contributed by atoms with van der Waals surface area (Å²) in [6, 6.07) is 7.41. The zero-order valence-corrected chi connectivity index (χ0v) is 17.7. The van der Waals surface area contributed by atoms with E-state index in [9.17, 15) is 9.59 Å². The number of methoxy groups -OCH3 is 1. The fourth-order valence-corrected chi connectivity index (χ4v) is 5.76. The van der Waals surface area contributed by atoms with Gasteiger partial charge in [0.25, 0.3) is 5.91 Å². The van der Waals surface area contributed by atoms with Crippen LogP contribution < -0.4 is 10.1 Å². The molecular formula is C24H34N2O3. The third kappa shape index (κ3) is 4.01. The largest absolute Gasteiger partial charge is 0.496 e. The van der Waals surface area contributed by atoms with Crippen molar-refractivity contribution in [2.75, 3.05) is 7.11 Å². The van der Waals surface area contributed by atoms with Crippen molar-refractivity contribution in [2.24, 2.45) is 11.8 Å². The van der Waals surface area contributed by atoms with Crippen LogP contribution in [-0.2, 0) is 4.79 Å². The molecule has 2 aliphatic carbocycles. The molecule has 29 heavy (non-hydrogen) atoms. The monoisotopic (exact) mass is 398 g/mol. The van der Waals surface area contributed by atoms with Crippen LogP contribution in [0.15, 0.2) is 24.3 Å². The second-order valence-electron chi connectivity index (χ2n) is 9.15. The molecule has 3 aliphatic rings. The van der Waals surface area contributed by atoms with Crippen LogP contribution in [-0.4, -0.2) is 41.9 Å². The van der Waals surface area contributed by atoms with Crippen molar-refractivity contribution in [3.8, 4) is 5.75 Å². The minimum atomic E-state index is -0.366. The lowest BCUT2D eigenvalue weighted by molar-refractivity contribution is -0.126. The van der Waals surface area contributed by atoms with E-state index < -0.39 is 0 Å². The number of para-hydroxylation sites is 1. The van der Waals surface area contributed by atoms with Crippen molar-refractivity contribution >= 4 is 11.8 Å². The molecule has 1 N–H and O–H groups in total. The van der Waals surface area contributed by atoms with Gasteiger partial charge in [0.05, 0.1) is 12.7 Å². The van der Waals surface area contributed by atoms with Crippen LogP contribution in [0.1, 0.15) is 75.1 Å². The molecule has 3 fully saturated rings. The minimum Gasteiger partial charge on any atom is -0.496 e. The first-order valence-electron chi connectivity index (χ1n) is 11.4. The van der Waals surface area contributed by atoms with Gasteiger partial charge in [0, 0.05) is 12.1 Å². The van der Waals surface area contributed by atoms with Gasteiger partial charge in [-0.05, 0) is 56.1 Å². The highest BCUT2D eigenvalue weighted by molar-refractivity contribution is 6.00. The average Bonchev–Trinajstić information content (AvgIpc) is 3.14. The zero-order valence-electron chi connectivity index (χ0n) is 17.7. The molecule has 0 aromatic heterocycles. The summed E-state index contributed by atoms with van der Waals surface area (Å²) in [5, 5.41) is 3.32.